The van der Waals surface area contributed by atoms with E-state index in [1.54, 1.807) is 18.1 Å². The third-order valence-corrected chi connectivity index (χ3v) is 4.81. The summed E-state index contributed by atoms with van der Waals surface area (Å²) in [6, 6.07) is 15.3. The predicted molar refractivity (Wildman–Crippen MR) is 106 cm³/mol. The number of hydrogen-bond donors (Lipinski definition) is 1. The van der Waals surface area contributed by atoms with Crippen LogP contribution in [0.4, 0.5) is 0 Å². The Kier molecular flexibility index (Phi) is 5.91. The number of nitrogens with zero attached hydrogens (tertiary/aromatic N) is 1. The van der Waals surface area contributed by atoms with Crippen molar-refractivity contribution in [3.05, 3.63) is 71.3 Å². The summed E-state index contributed by atoms with van der Waals surface area (Å²) >= 11 is 0. The lowest BCUT2D eigenvalue weighted by atomic mass is 9.99. The minimum absolute atomic E-state index is 0.0128. The number of aryl methyl sites for hydroxylation is 1. The SMILES string of the molecule is COc1ccc(C2=CCN(C(=O)CNC(=O)c3ccccc3C)CC2)cc1. The molecule has 5 heteroatoms. The molecule has 0 bridgehead atoms. The maximum Gasteiger partial charge on any atom is 0.251 e. The van der Waals surface area contributed by atoms with Gasteiger partial charge in [0.2, 0.25) is 5.91 Å². The van der Waals surface area contributed by atoms with Gasteiger partial charge in [0.15, 0.2) is 0 Å². The lowest BCUT2D eigenvalue weighted by molar-refractivity contribution is -0.129. The average Bonchev–Trinajstić information content (AvgIpc) is 2.72. The van der Waals surface area contributed by atoms with Crippen molar-refractivity contribution >= 4 is 17.4 Å². The highest BCUT2D eigenvalue weighted by Crippen LogP contribution is 2.24. The van der Waals surface area contributed by atoms with Gasteiger partial charge in [-0.2, -0.15) is 0 Å². The molecule has 2 aromatic carbocycles. The lowest BCUT2D eigenvalue weighted by Crippen LogP contribution is -2.42. The second kappa shape index (κ2) is 8.54. The molecule has 0 saturated heterocycles. The summed E-state index contributed by atoms with van der Waals surface area (Å²) in [4.78, 5) is 26.4. The van der Waals surface area contributed by atoms with Gasteiger partial charge in [0, 0.05) is 18.7 Å². The first kappa shape index (κ1) is 18.7. The highest BCUT2D eigenvalue weighted by Gasteiger charge is 2.19. The first-order valence-electron chi connectivity index (χ1n) is 9.03. The Hall–Kier alpha value is -3.08. The first-order chi connectivity index (χ1) is 13.1. The molecule has 1 aliphatic heterocycles. The number of carbonyl (C=O) groups excluding carboxylic acids is 2. The van der Waals surface area contributed by atoms with Gasteiger partial charge in [-0.1, -0.05) is 36.4 Å². The zero-order valence-corrected chi connectivity index (χ0v) is 15.7. The molecule has 2 aromatic rings. The van der Waals surface area contributed by atoms with Crippen molar-refractivity contribution in [2.45, 2.75) is 13.3 Å². The topological polar surface area (TPSA) is 58.6 Å². The third kappa shape index (κ3) is 4.56. The molecule has 27 heavy (non-hydrogen) atoms. The number of hydrogen-bond acceptors (Lipinski definition) is 3. The molecule has 0 unspecified atom stereocenters. The van der Waals surface area contributed by atoms with E-state index in [4.69, 9.17) is 4.74 Å². The van der Waals surface area contributed by atoms with Crippen molar-refractivity contribution < 1.29 is 14.3 Å². The van der Waals surface area contributed by atoms with Crippen LogP contribution in [0.25, 0.3) is 5.57 Å². The molecule has 3 rings (SSSR count). The standard InChI is InChI=1S/C22H24N2O3/c1-16-5-3-4-6-20(16)22(26)23-15-21(25)24-13-11-18(12-14-24)17-7-9-19(27-2)10-8-17/h3-11H,12-15H2,1-2H3,(H,23,26). The summed E-state index contributed by atoms with van der Waals surface area (Å²) in [5.74, 6) is 0.547. The third-order valence-electron chi connectivity index (χ3n) is 4.81. The largest absolute Gasteiger partial charge is 0.497 e. The van der Waals surface area contributed by atoms with Crippen LogP contribution < -0.4 is 10.1 Å². The molecule has 0 spiro atoms. The Morgan fingerprint density at radius 3 is 2.48 bits per heavy atom. The van der Waals surface area contributed by atoms with E-state index >= 15 is 0 Å². The summed E-state index contributed by atoms with van der Waals surface area (Å²) in [6.45, 7) is 3.10. The van der Waals surface area contributed by atoms with Gasteiger partial charge in [-0.05, 0) is 48.2 Å². The number of nitrogens with one attached hydrogen (secondary N) is 1. The second-order valence-electron chi connectivity index (χ2n) is 6.55. The fraction of sp³-hybridized carbons (Fsp3) is 0.273. The maximum atomic E-state index is 12.4. The van der Waals surface area contributed by atoms with Crippen LogP contribution in [0.15, 0.2) is 54.6 Å². The van der Waals surface area contributed by atoms with Gasteiger partial charge in [-0.3, -0.25) is 9.59 Å². The summed E-state index contributed by atoms with van der Waals surface area (Å²) in [6.07, 6.45) is 2.87. The summed E-state index contributed by atoms with van der Waals surface area (Å²) in [5, 5.41) is 2.73. The summed E-state index contributed by atoms with van der Waals surface area (Å²) in [5.41, 5.74) is 3.87. The van der Waals surface area contributed by atoms with E-state index in [-0.39, 0.29) is 18.4 Å². The number of benzene rings is 2. The number of ether oxygens (including phenoxy) is 1. The molecule has 0 atom stereocenters. The molecule has 0 aliphatic carbocycles. The van der Waals surface area contributed by atoms with E-state index in [2.05, 4.69) is 11.4 Å². The van der Waals surface area contributed by atoms with E-state index in [0.717, 1.165) is 23.3 Å². The Bertz CT molecular complexity index is 856. The van der Waals surface area contributed by atoms with E-state index in [0.29, 0.717) is 18.7 Å². The molecule has 1 aliphatic rings. The zero-order valence-electron chi connectivity index (χ0n) is 15.7. The number of carbonyl (C=O) groups is 2. The summed E-state index contributed by atoms with van der Waals surface area (Å²) in [7, 11) is 1.65. The van der Waals surface area contributed by atoms with Crippen LogP contribution in [0.5, 0.6) is 5.75 Å². The molecule has 0 fully saturated rings. The predicted octanol–water partition coefficient (Wildman–Crippen LogP) is 3.05. The van der Waals surface area contributed by atoms with Crippen molar-refractivity contribution in [3.8, 4) is 5.75 Å². The number of methoxy groups -OCH3 is 1. The van der Waals surface area contributed by atoms with E-state index < -0.39 is 0 Å². The Labute approximate surface area is 159 Å². The average molecular weight is 364 g/mol. The Morgan fingerprint density at radius 1 is 1.11 bits per heavy atom. The van der Waals surface area contributed by atoms with Gasteiger partial charge in [-0.25, -0.2) is 0 Å². The molecular formula is C22H24N2O3. The second-order valence-corrected chi connectivity index (χ2v) is 6.55. The van der Waals surface area contributed by atoms with Gasteiger partial charge in [0.25, 0.3) is 5.91 Å². The smallest absolute Gasteiger partial charge is 0.251 e. The van der Waals surface area contributed by atoms with Crippen LogP contribution in [0.2, 0.25) is 0 Å². The van der Waals surface area contributed by atoms with Gasteiger partial charge >= 0.3 is 0 Å². The fourth-order valence-electron chi connectivity index (χ4n) is 3.15. The molecule has 0 aromatic heterocycles. The van der Waals surface area contributed by atoms with Crippen LogP contribution in [0.3, 0.4) is 0 Å². The van der Waals surface area contributed by atoms with Crippen LogP contribution >= 0.6 is 0 Å². The molecule has 140 valence electrons. The fourth-order valence-corrected chi connectivity index (χ4v) is 3.15. The van der Waals surface area contributed by atoms with Crippen molar-refractivity contribution in [1.29, 1.82) is 0 Å². The molecule has 2 amide bonds. The Morgan fingerprint density at radius 2 is 1.85 bits per heavy atom. The van der Waals surface area contributed by atoms with Gasteiger partial charge in [0.1, 0.15) is 5.75 Å². The lowest BCUT2D eigenvalue weighted by Gasteiger charge is -2.27. The molecule has 0 saturated carbocycles. The van der Waals surface area contributed by atoms with E-state index in [1.165, 1.54) is 5.57 Å². The van der Waals surface area contributed by atoms with E-state index in [9.17, 15) is 9.59 Å². The minimum atomic E-state index is -0.215. The highest BCUT2D eigenvalue weighted by atomic mass is 16.5. The van der Waals surface area contributed by atoms with Crippen molar-refractivity contribution in [2.75, 3.05) is 26.7 Å². The molecule has 1 N–H and O–H groups in total. The van der Waals surface area contributed by atoms with Crippen molar-refractivity contribution in [1.82, 2.24) is 10.2 Å². The van der Waals surface area contributed by atoms with Crippen molar-refractivity contribution in [2.24, 2.45) is 0 Å². The molecule has 1 heterocycles. The van der Waals surface area contributed by atoms with E-state index in [1.807, 2.05) is 49.4 Å². The van der Waals surface area contributed by atoms with Crippen LogP contribution in [0, 0.1) is 6.92 Å². The minimum Gasteiger partial charge on any atom is -0.497 e. The zero-order chi connectivity index (χ0) is 19.2. The first-order valence-corrected chi connectivity index (χ1v) is 9.03. The monoisotopic (exact) mass is 364 g/mol. The van der Waals surface area contributed by atoms with Gasteiger partial charge in [-0.15, -0.1) is 0 Å². The Balaban J connectivity index is 1.54. The molecule has 0 radical (unpaired) electrons. The molecule has 5 nitrogen and oxygen atoms in total. The van der Waals surface area contributed by atoms with Gasteiger partial charge in [0.05, 0.1) is 13.7 Å². The summed E-state index contributed by atoms with van der Waals surface area (Å²) < 4.78 is 5.18. The van der Waals surface area contributed by atoms with Crippen LogP contribution in [0.1, 0.15) is 27.9 Å². The number of rotatable bonds is 5. The quantitative estimate of drug-likeness (QED) is 0.887. The maximum absolute atomic E-state index is 12.4. The van der Waals surface area contributed by atoms with Gasteiger partial charge < -0.3 is 15.0 Å². The normalized spacial score (nSPS) is 13.7. The van der Waals surface area contributed by atoms with Crippen LogP contribution in [-0.2, 0) is 4.79 Å². The molecular weight excluding hydrogens is 340 g/mol. The number of amides is 2. The van der Waals surface area contributed by atoms with Crippen LogP contribution in [-0.4, -0.2) is 43.5 Å². The van der Waals surface area contributed by atoms with Crippen molar-refractivity contribution in [3.63, 3.8) is 0 Å². The highest BCUT2D eigenvalue weighted by molar-refractivity contribution is 5.97.